The molecule has 0 atom stereocenters. The van der Waals surface area contributed by atoms with E-state index in [-0.39, 0.29) is 0 Å². The summed E-state index contributed by atoms with van der Waals surface area (Å²) in [6, 6.07) is 18.1. The number of benzene rings is 2. The van der Waals surface area contributed by atoms with Gasteiger partial charge < -0.3 is 4.57 Å². The van der Waals surface area contributed by atoms with Crippen LogP contribution in [0.2, 0.25) is 0 Å². The molecule has 0 aliphatic rings. The lowest BCUT2D eigenvalue weighted by Gasteiger charge is -2.13. The molecule has 120 valence electrons. The second-order valence-electron chi connectivity index (χ2n) is 5.64. The van der Waals surface area contributed by atoms with Crippen molar-refractivity contribution in [3.63, 3.8) is 0 Å². The lowest BCUT2D eigenvalue weighted by Crippen LogP contribution is -2.17. The molecule has 0 saturated heterocycles. The van der Waals surface area contributed by atoms with E-state index in [1.807, 2.05) is 42.5 Å². The number of nitrogens with zero attached hydrogens (tertiary/aromatic N) is 2. The van der Waals surface area contributed by atoms with Crippen LogP contribution >= 0.6 is 0 Å². The van der Waals surface area contributed by atoms with Crippen LogP contribution < -0.4 is 0 Å². The van der Waals surface area contributed by atoms with Crippen molar-refractivity contribution >= 4 is 21.8 Å². The first-order chi connectivity index (χ1) is 11.5. The van der Waals surface area contributed by atoms with Crippen LogP contribution in [0.1, 0.15) is 0 Å². The van der Waals surface area contributed by atoms with Gasteiger partial charge in [-0.3, -0.25) is 4.98 Å². The minimum absolute atomic E-state index is 0.565. The number of para-hydroxylation sites is 2. The van der Waals surface area contributed by atoms with Crippen molar-refractivity contribution in [1.82, 2.24) is 9.55 Å². The summed E-state index contributed by atoms with van der Waals surface area (Å²) in [5.74, 6) is 0. The van der Waals surface area contributed by atoms with Gasteiger partial charge in [0, 0.05) is 28.0 Å². The Morgan fingerprint density at radius 2 is 1.58 bits per heavy atom. The maximum absolute atomic E-state index is 13.2. The average Bonchev–Trinajstić information content (AvgIpc) is 2.89. The highest BCUT2D eigenvalue weighted by atomic mass is 19.4. The zero-order chi connectivity index (χ0) is 16.7. The van der Waals surface area contributed by atoms with Crippen LogP contribution in [0, 0.1) is 0 Å². The Morgan fingerprint density at radius 1 is 0.833 bits per heavy atom. The number of alkyl halides is 3. The highest BCUT2D eigenvalue weighted by Gasteiger charge is 2.30. The summed E-state index contributed by atoms with van der Waals surface area (Å²) < 4.78 is 40.9. The topological polar surface area (TPSA) is 17.8 Å². The molecule has 0 aliphatic heterocycles. The van der Waals surface area contributed by atoms with Crippen LogP contribution in [0.4, 0.5) is 13.2 Å². The first-order valence-corrected chi connectivity index (χ1v) is 7.53. The van der Waals surface area contributed by atoms with E-state index >= 15 is 0 Å². The van der Waals surface area contributed by atoms with Gasteiger partial charge in [-0.2, -0.15) is 13.2 Å². The molecule has 2 aromatic heterocycles. The molecule has 4 rings (SSSR count). The Labute approximate surface area is 136 Å². The van der Waals surface area contributed by atoms with Gasteiger partial charge in [0.05, 0.1) is 11.2 Å². The lowest BCUT2D eigenvalue weighted by atomic mass is 10.1. The average molecular weight is 326 g/mol. The molecule has 0 bridgehead atoms. The molecule has 0 unspecified atom stereocenters. The lowest BCUT2D eigenvalue weighted by molar-refractivity contribution is -0.139. The number of halogens is 3. The van der Waals surface area contributed by atoms with Gasteiger partial charge in [0.15, 0.2) is 0 Å². The summed E-state index contributed by atoms with van der Waals surface area (Å²) >= 11 is 0. The molecule has 2 heterocycles. The van der Waals surface area contributed by atoms with Crippen molar-refractivity contribution < 1.29 is 13.2 Å². The monoisotopic (exact) mass is 326 g/mol. The predicted octanol–water partition coefficient (Wildman–Crippen LogP) is 5.42. The Kier molecular flexibility index (Phi) is 3.30. The molecule has 0 spiro atoms. The summed E-state index contributed by atoms with van der Waals surface area (Å²) in [7, 11) is 0. The molecule has 0 fully saturated rings. The van der Waals surface area contributed by atoms with E-state index in [0.717, 1.165) is 10.8 Å². The van der Waals surface area contributed by atoms with E-state index in [0.29, 0.717) is 22.3 Å². The summed E-state index contributed by atoms with van der Waals surface area (Å²) in [6.07, 6.45) is -2.66. The Bertz CT molecular complexity index is 1020. The predicted molar refractivity (Wildman–Crippen MR) is 88.7 cm³/mol. The number of hydrogen-bond donors (Lipinski definition) is 0. The Balaban J connectivity index is 2.12. The molecule has 24 heavy (non-hydrogen) atoms. The number of rotatable bonds is 2. The maximum Gasteiger partial charge on any atom is 0.406 e. The minimum Gasteiger partial charge on any atom is -0.331 e. The van der Waals surface area contributed by atoms with Crippen LogP contribution in [0.25, 0.3) is 33.1 Å². The zero-order valence-electron chi connectivity index (χ0n) is 12.6. The fraction of sp³-hybridized carbons (Fsp3) is 0.105. The minimum atomic E-state index is -4.30. The van der Waals surface area contributed by atoms with E-state index in [1.54, 1.807) is 24.4 Å². The SMILES string of the molecule is FC(F)(F)Cn1c2ccccc2c2cccc(-c3ccccn3)c21. The summed E-state index contributed by atoms with van der Waals surface area (Å²) in [5, 5.41) is 1.62. The third kappa shape index (κ3) is 2.42. The van der Waals surface area contributed by atoms with Gasteiger partial charge in [-0.05, 0) is 18.2 Å². The van der Waals surface area contributed by atoms with E-state index in [9.17, 15) is 13.2 Å². The molecule has 0 radical (unpaired) electrons. The molecule has 0 amide bonds. The van der Waals surface area contributed by atoms with E-state index in [1.165, 1.54) is 4.57 Å². The first kappa shape index (κ1) is 14.8. The summed E-state index contributed by atoms with van der Waals surface area (Å²) in [5.41, 5.74) is 2.51. The van der Waals surface area contributed by atoms with Gasteiger partial charge in [-0.25, -0.2) is 0 Å². The summed E-state index contributed by atoms with van der Waals surface area (Å²) in [4.78, 5) is 4.31. The fourth-order valence-electron chi connectivity index (χ4n) is 3.18. The normalized spacial score (nSPS) is 12.1. The highest BCUT2D eigenvalue weighted by Crippen LogP contribution is 2.36. The fourth-order valence-corrected chi connectivity index (χ4v) is 3.18. The third-order valence-electron chi connectivity index (χ3n) is 4.07. The smallest absolute Gasteiger partial charge is 0.331 e. The Hall–Kier alpha value is -2.82. The Morgan fingerprint density at radius 3 is 2.33 bits per heavy atom. The van der Waals surface area contributed by atoms with Crippen LogP contribution in [0.3, 0.4) is 0 Å². The third-order valence-corrected chi connectivity index (χ3v) is 4.07. The first-order valence-electron chi connectivity index (χ1n) is 7.53. The van der Waals surface area contributed by atoms with Crippen molar-refractivity contribution in [2.45, 2.75) is 12.7 Å². The molecular weight excluding hydrogens is 313 g/mol. The van der Waals surface area contributed by atoms with Crippen LogP contribution in [-0.4, -0.2) is 15.7 Å². The van der Waals surface area contributed by atoms with E-state index in [2.05, 4.69) is 4.98 Å². The maximum atomic E-state index is 13.2. The number of pyridine rings is 1. The molecule has 0 saturated carbocycles. The molecular formula is C19H13F3N2. The van der Waals surface area contributed by atoms with Gasteiger partial charge >= 0.3 is 6.18 Å². The second-order valence-corrected chi connectivity index (χ2v) is 5.64. The van der Waals surface area contributed by atoms with Crippen molar-refractivity contribution in [2.75, 3.05) is 0 Å². The van der Waals surface area contributed by atoms with Crippen molar-refractivity contribution in [1.29, 1.82) is 0 Å². The quantitative estimate of drug-likeness (QED) is 0.481. The van der Waals surface area contributed by atoms with Gasteiger partial charge in [-0.15, -0.1) is 0 Å². The van der Waals surface area contributed by atoms with Crippen molar-refractivity contribution in [3.8, 4) is 11.3 Å². The number of fused-ring (bicyclic) bond motifs is 3. The summed E-state index contributed by atoms with van der Waals surface area (Å²) in [6.45, 7) is -1.03. The van der Waals surface area contributed by atoms with Gasteiger partial charge in [0.25, 0.3) is 0 Å². The van der Waals surface area contributed by atoms with Gasteiger partial charge in [0.1, 0.15) is 6.54 Å². The van der Waals surface area contributed by atoms with Gasteiger partial charge in [0.2, 0.25) is 0 Å². The molecule has 4 aromatic rings. The number of hydrogen-bond acceptors (Lipinski definition) is 1. The standard InChI is InChI=1S/C19H13F3N2/c20-19(21,22)12-24-17-10-2-1-6-13(17)14-7-5-8-15(18(14)24)16-9-3-4-11-23-16/h1-11H,12H2. The van der Waals surface area contributed by atoms with Crippen molar-refractivity contribution in [2.24, 2.45) is 0 Å². The largest absolute Gasteiger partial charge is 0.406 e. The highest BCUT2D eigenvalue weighted by molar-refractivity contribution is 6.12. The van der Waals surface area contributed by atoms with Gasteiger partial charge in [-0.1, -0.05) is 42.5 Å². The van der Waals surface area contributed by atoms with Crippen LogP contribution in [0.5, 0.6) is 0 Å². The van der Waals surface area contributed by atoms with Crippen molar-refractivity contribution in [3.05, 3.63) is 66.9 Å². The number of aromatic nitrogens is 2. The van der Waals surface area contributed by atoms with Crippen LogP contribution in [-0.2, 0) is 6.54 Å². The molecule has 2 aromatic carbocycles. The second kappa shape index (κ2) is 5.37. The van der Waals surface area contributed by atoms with E-state index in [4.69, 9.17) is 0 Å². The zero-order valence-corrected chi connectivity index (χ0v) is 12.6. The molecule has 2 nitrogen and oxygen atoms in total. The van der Waals surface area contributed by atoms with Crippen LogP contribution in [0.15, 0.2) is 66.9 Å². The molecule has 0 aliphatic carbocycles. The molecule has 5 heteroatoms. The molecule has 0 N–H and O–H groups in total. The van der Waals surface area contributed by atoms with E-state index < -0.39 is 12.7 Å².